The Kier molecular flexibility index (Phi) is 9.89. The Morgan fingerprint density at radius 1 is 1.35 bits per heavy atom. The van der Waals surface area contributed by atoms with Crippen LogP contribution in [0, 0.1) is 0 Å². The van der Waals surface area contributed by atoms with E-state index in [2.05, 4.69) is 21.6 Å². The summed E-state index contributed by atoms with van der Waals surface area (Å²) >= 11 is 0. The fourth-order valence-corrected chi connectivity index (χ4v) is 1.58. The van der Waals surface area contributed by atoms with Crippen molar-refractivity contribution < 1.29 is 17.9 Å². The molecule has 8 heteroatoms. The van der Waals surface area contributed by atoms with Crippen LogP contribution in [0.25, 0.3) is 0 Å². The Morgan fingerprint density at radius 2 is 2.00 bits per heavy atom. The number of nitrogens with two attached hydrogens (primary N) is 1. The standard InChI is InChI=1S/C15H20F3N3O.HI/c1-11(2)7-20-14(19)21-8-12-4-3-5-13(6-12)9-22-10-15(16,17)18;/h3-6H,1,7-10H2,2H3,(H3,19,20,21);1H. The van der Waals surface area contributed by atoms with Gasteiger partial charge in [0, 0.05) is 6.54 Å². The van der Waals surface area contributed by atoms with Gasteiger partial charge in [-0.3, -0.25) is 0 Å². The van der Waals surface area contributed by atoms with Crippen LogP contribution in [0.5, 0.6) is 0 Å². The van der Waals surface area contributed by atoms with Crippen LogP contribution in [0.1, 0.15) is 18.1 Å². The molecule has 0 saturated carbocycles. The molecule has 0 aromatic heterocycles. The second-order valence-corrected chi connectivity index (χ2v) is 4.94. The van der Waals surface area contributed by atoms with Crippen molar-refractivity contribution >= 4 is 29.9 Å². The molecule has 0 heterocycles. The number of halogens is 4. The fraction of sp³-hybridized carbons (Fsp3) is 0.400. The van der Waals surface area contributed by atoms with Crippen molar-refractivity contribution in [1.82, 2.24) is 5.32 Å². The molecular formula is C15H21F3IN3O. The average Bonchev–Trinajstić information content (AvgIpc) is 2.42. The van der Waals surface area contributed by atoms with Crippen molar-refractivity contribution in [2.75, 3.05) is 13.2 Å². The fourth-order valence-electron chi connectivity index (χ4n) is 1.58. The maximum atomic E-state index is 12.0. The van der Waals surface area contributed by atoms with Gasteiger partial charge in [-0.15, -0.1) is 24.0 Å². The van der Waals surface area contributed by atoms with E-state index in [1.165, 1.54) is 0 Å². The van der Waals surface area contributed by atoms with Crippen molar-refractivity contribution in [2.45, 2.75) is 26.3 Å². The van der Waals surface area contributed by atoms with E-state index < -0.39 is 12.8 Å². The lowest BCUT2D eigenvalue weighted by Gasteiger charge is -2.08. The first-order chi connectivity index (χ1) is 10.3. The largest absolute Gasteiger partial charge is 0.411 e. The molecule has 0 bridgehead atoms. The molecule has 1 aromatic carbocycles. The van der Waals surface area contributed by atoms with Crippen LogP contribution >= 0.6 is 24.0 Å². The number of rotatable bonds is 7. The number of hydrogen-bond donors (Lipinski definition) is 2. The molecule has 1 rings (SSSR count). The predicted molar refractivity (Wildman–Crippen MR) is 95.7 cm³/mol. The van der Waals surface area contributed by atoms with E-state index in [4.69, 9.17) is 5.73 Å². The zero-order valence-corrected chi connectivity index (χ0v) is 15.2. The first-order valence-corrected chi connectivity index (χ1v) is 6.67. The van der Waals surface area contributed by atoms with Crippen LogP contribution < -0.4 is 11.1 Å². The average molecular weight is 443 g/mol. The summed E-state index contributed by atoms with van der Waals surface area (Å²) in [5.74, 6) is 0.293. The number of nitrogens with zero attached hydrogens (tertiary/aromatic N) is 1. The van der Waals surface area contributed by atoms with Gasteiger partial charge in [0.25, 0.3) is 0 Å². The molecule has 3 N–H and O–H groups in total. The summed E-state index contributed by atoms with van der Waals surface area (Å²) in [6, 6.07) is 7.01. The first-order valence-electron chi connectivity index (χ1n) is 6.67. The van der Waals surface area contributed by atoms with Crippen molar-refractivity contribution in [3.8, 4) is 0 Å². The third kappa shape index (κ3) is 11.0. The van der Waals surface area contributed by atoms with Gasteiger partial charge < -0.3 is 15.8 Å². The molecule has 0 amide bonds. The van der Waals surface area contributed by atoms with Crippen molar-refractivity contribution in [2.24, 2.45) is 10.7 Å². The van der Waals surface area contributed by atoms with Crippen LogP contribution in [0.2, 0.25) is 0 Å². The Labute approximate surface area is 151 Å². The molecule has 0 spiro atoms. The van der Waals surface area contributed by atoms with E-state index in [9.17, 15) is 13.2 Å². The van der Waals surface area contributed by atoms with Crippen LogP contribution in [0.3, 0.4) is 0 Å². The molecule has 0 atom stereocenters. The number of aliphatic imine (C=N–C) groups is 1. The zero-order chi connectivity index (χ0) is 16.6. The first kappa shape index (κ1) is 21.7. The smallest absolute Gasteiger partial charge is 0.370 e. The summed E-state index contributed by atoms with van der Waals surface area (Å²) in [7, 11) is 0. The predicted octanol–water partition coefficient (Wildman–Crippen LogP) is 3.36. The number of hydrogen-bond acceptors (Lipinski definition) is 2. The maximum Gasteiger partial charge on any atom is 0.411 e. The Morgan fingerprint density at radius 3 is 2.61 bits per heavy atom. The molecule has 130 valence electrons. The van der Waals surface area contributed by atoms with Gasteiger partial charge >= 0.3 is 6.18 Å². The lowest BCUT2D eigenvalue weighted by atomic mass is 10.1. The monoisotopic (exact) mass is 443 g/mol. The second kappa shape index (κ2) is 10.5. The normalized spacial score (nSPS) is 11.7. The number of alkyl halides is 3. The Balaban J connectivity index is 0.00000484. The molecule has 0 aliphatic heterocycles. The Hall–Kier alpha value is -1.29. The van der Waals surface area contributed by atoms with E-state index in [0.29, 0.717) is 24.6 Å². The van der Waals surface area contributed by atoms with Gasteiger partial charge in [0.2, 0.25) is 0 Å². The molecule has 4 nitrogen and oxygen atoms in total. The van der Waals surface area contributed by atoms with Gasteiger partial charge in [0.1, 0.15) is 6.61 Å². The Bertz CT molecular complexity index is 533. The van der Waals surface area contributed by atoms with E-state index in [1.807, 2.05) is 13.0 Å². The van der Waals surface area contributed by atoms with E-state index in [-0.39, 0.29) is 30.6 Å². The molecular weight excluding hydrogens is 422 g/mol. The lowest BCUT2D eigenvalue weighted by molar-refractivity contribution is -0.176. The second-order valence-electron chi connectivity index (χ2n) is 4.94. The van der Waals surface area contributed by atoms with Gasteiger partial charge in [0.05, 0.1) is 13.2 Å². The molecule has 0 fully saturated rings. The van der Waals surface area contributed by atoms with Crippen LogP contribution in [0.4, 0.5) is 13.2 Å². The number of nitrogens with one attached hydrogen (secondary N) is 1. The maximum absolute atomic E-state index is 12.0. The molecule has 0 radical (unpaired) electrons. The lowest BCUT2D eigenvalue weighted by Crippen LogP contribution is -2.32. The summed E-state index contributed by atoms with van der Waals surface area (Å²) in [6.07, 6.45) is -4.31. The number of ether oxygens (including phenoxy) is 1. The molecule has 0 aliphatic rings. The van der Waals surface area contributed by atoms with Crippen molar-refractivity contribution in [1.29, 1.82) is 0 Å². The minimum atomic E-state index is -4.31. The summed E-state index contributed by atoms with van der Waals surface area (Å²) in [6.45, 7) is 5.13. The number of benzene rings is 1. The molecule has 0 aliphatic carbocycles. The highest BCUT2D eigenvalue weighted by atomic mass is 127. The molecule has 0 unspecified atom stereocenters. The van der Waals surface area contributed by atoms with Gasteiger partial charge in [-0.05, 0) is 18.1 Å². The molecule has 1 aromatic rings. The zero-order valence-electron chi connectivity index (χ0n) is 12.8. The van der Waals surface area contributed by atoms with Gasteiger partial charge in [-0.2, -0.15) is 13.2 Å². The van der Waals surface area contributed by atoms with Crippen molar-refractivity contribution in [3.05, 3.63) is 47.5 Å². The topological polar surface area (TPSA) is 59.6 Å². The SMILES string of the molecule is C=C(C)CNC(N)=NCc1cccc(COCC(F)(F)F)c1.I. The van der Waals surface area contributed by atoms with Gasteiger partial charge in [-0.1, -0.05) is 36.4 Å². The van der Waals surface area contributed by atoms with E-state index >= 15 is 0 Å². The summed E-state index contributed by atoms with van der Waals surface area (Å²) in [5.41, 5.74) is 8.12. The van der Waals surface area contributed by atoms with Crippen LogP contribution in [-0.2, 0) is 17.9 Å². The van der Waals surface area contributed by atoms with E-state index in [0.717, 1.165) is 11.1 Å². The van der Waals surface area contributed by atoms with Crippen LogP contribution in [0.15, 0.2) is 41.4 Å². The third-order valence-electron chi connectivity index (χ3n) is 2.53. The van der Waals surface area contributed by atoms with E-state index in [1.54, 1.807) is 18.2 Å². The van der Waals surface area contributed by atoms with Crippen LogP contribution in [-0.4, -0.2) is 25.3 Å². The van der Waals surface area contributed by atoms with Crippen molar-refractivity contribution in [3.63, 3.8) is 0 Å². The highest BCUT2D eigenvalue weighted by molar-refractivity contribution is 14.0. The van der Waals surface area contributed by atoms with Gasteiger partial charge in [0.15, 0.2) is 5.96 Å². The highest BCUT2D eigenvalue weighted by Gasteiger charge is 2.27. The van der Waals surface area contributed by atoms with Gasteiger partial charge in [-0.25, -0.2) is 4.99 Å². The minimum Gasteiger partial charge on any atom is -0.370 e. The quantitative estimate of drug-likeness (QED) is 0.294. The third-order valence-corrected chi connectivity index (χ3v) is 2.53. The summed E-state index contributed by atoms with van der Waals surface area (Å²) in [5, 5.41) is 2.90. The number of guanidine groups is 1. The highest BCUT2D eigenvalue weighted by Crippen LogP contribution is 2.16. The summed E-state index contributed by atoms with van der Waals surface area (Å²) < 4.78 is 40.6. The molecule has 0 saturated heterocycles. The summed E-state index contributed by atoms with van der Waals surface area (Å²) in [4.78, 5) is 4.15. The molecule has 23 heavy (non-hydrogen) atoms. The minimum absolute atomic E-state index is 0.